The van der Waals surface area contributed by atoms with Crippen molar-refractivity contribution >= 4 is 0 Å². The summed E-state index contributed by atoms with van der Waals surface area (Å²) in [5, 5.41) is 9.60. The minimum absolute atomic E-state index is 0.00730. The fourth-order valence-electron chi connectivity index (χ4n) is 2.84. The summed E-state index contributed by atoms with van der Waals surface area (Å²) in [5.41, 5.74) is 0. The summed E-state index contributed by atoms with van der Waals surface area (Å²) in [6.07, 6.45) is 10.1. The van der Waals surface area contributed by atoms with E-state index in [0.717, 1.165) is 24.7 Å². The van der Waals surface area contributed by atoms with E-state index in [1.54, 1.807) is 0 Å². The Morgan fingerprint density at radius 1 is 1.29 bits per heavy atom. The first-order valence-electron chi connectivity index (χ1n) is 6.44. The third-order valence-corrected chi connectivity index (χ3v) is 3.70. The number of rotatable bonds is 5. The quantitative estimate of drug-likeness (QED) is 0.713. The van der Waals surface area contributed by atoms with Crippen molar-refractivity contribution in [2.24, 2.45) is 11.8 Å². The van der Waals surface area contributed by atoms with E-state index in [-0.39, 0.29) is 6.10 Å². The first kappa shape index (κ1) is 12.0. The predicted octanol–water partition coefficient (Wildman–Crippen LogP) is 3.75. The predicted molar refractivity (Wildman–Crippen MR) is 61.3 cm³/mol. The topological polar surface area (TPSA) is 20.2 Å². The van der Waals surface area contributed by atoms with Crippen LogP contribution < -0.4 is 0 Å². The van der Waals surface area contributed by atoms with Crippen LogP contribution in [0.5, 0.6) is 0 Å². The van der Waals surface area contributed by atoms with E-state index in [9.17, 15) is 5.11 Å². The number of hydrogen-bond donors (Lipinski definition) is 1. The first-order valence-corrected chi connectivity index (χ1v) is 6.44. The van der Waals surface area contributed by atoms with Crippen LogP contribution in [-0.2, 0) is 0 Å². The minimum atomic E-state index is 0.00730. The molecule has 1 nitrogen and oxygen atoms in total. The normalized spacial score (nSPS) is 30.2. The smallest absolute Gasteiger partial charge is 0.0542 e. The molecule has 0 saturated heterocycles. The van der Waals surface area contributed by atoms with E-state index in [1.807, 2.05) is 0 Å². The van der Waals surface area contributed by atoms with Gasteiger partial charge in [-0.1, -0.05) is 46.0 Å². The standard InChI is InChI=1S/C13H26O/c1-3-6-11(4-2)9-12-7-5-8-13(14)10-12/h11-14H,3-10H2,1-2H3. The average Bonchev–Trinajstić information content (AvgIpc) is 2.17. The van der Waals surface area contributed by atoms with Gasteiger partial charge in [0.25, 0.3) is 0 Å². The van der Waals surface area contributed by atoms with Crippen LogP contribution in [0.15, 0.2) is 0 Å². The van der Waals surface area contributed by atoms with E-state index < -0.39 is 0 Å². The van der Waals surface area contributed by atoms with Crippen LogP contribution in [0.4, 0.5) is 0 Å². The zero-order chi connectivity index (χ0) is 10.4. The Morgan fingerprint density at radius 3 is 2.64 bits per heavy atom. The van der Waals surface area contributed by atoms with Crippen molar-refractivity contribution in [2.75, 3.05) is 0 Å². The van der Waals surface area contributed by atoms with Crippen molar-refractivity contribution in [2.45, 2.75) is 71.3 Å². The van der Waals surface area contributed by atoms with Crippen LogP contribution in [0.3, 0.4) is 0 Å². The summed E-state index contributed by atoms with van der Waals surface area (Å²) in [7, 11) is 0. The van der Waals surface area contributed by atoms with Gasteiger partial charge in [0.15, 0.2) is 0 Å². The molecule has 0 amide bonds. The van der Waals surface area contributed by atoms with Crippen LogP contribution in [0, 0.1) is 11.8 Å². The molecule has 0 aromatic rings. The number of aliphatic hydroxyl groups is 1. The van der Waals surface area contributed by atoms with Crippen LogP contribution >= 0.6 is 0 Å². The fourth-order valence-corrected chi connectivity index (χ4v) is 2.84. The molecule has 0 heterocycles. The minimum Gasteiger partial charge on any atom is -0.393 e. The van der Waals surface area contributed by atoms with Crippen molar-refractivity contribution < 1.29 is 5.11 Å². The molecule has 1 saturated carbocycles. The van der Waals surface area contributed by atoms with Gasteiger partial charge in [-0.25, -0.2) is 0 Å². The molecule has 3 atom stereocenters. The zero-order valence-corrected chi connectivity index (χ0v) is 9.84. The maximum Gasteiger partial charge on any atom is 0.0542 e. The lowest BCUT2D eigenvalue weighted by atomic mass is 9.80. The molecule has 1 aliphatic carbocycles. The highest BCUT2D eigenvalue weighted by Crippen LogP contribution is 2.31. The summed E-state index contributed by atoms with van der Waals surface area (Å²) < 4.78 is 0. The molecule has 0 aromatic heterocycles. The molecule has 0 bridgehead atoms. The molecule has 0 radical (unpaired) electrons. The van der Waals surface area contributed by atoms with E-state index in [0.29, 0.717) is 0 Å². The monoisotopic (exact) mass is 198 g/mol. The van der Waals surface area contributed by atoms with Gasteiger partial charge in [-0.05, 0) is 31.1 Å². The van der Waals surface area contributed by atoms with Gasteiger partial charge >= 0.3 is 0 Å². The molecule has 0 spiro atoms. The maximum atomic E-state index is 9.60. The van der Waals surface area contributed by atoms with Crippen molar-refractivity contribution in [1.29, 1.82) is 0 Å². The Balaban J connectivity index is 2.26. The van der Waals surface area contributed by atoms with E-state index in [4.69, 9.17) is 0 Å². The molecule has 0 aromatic carbocycles. The highest BCUT2D eigenvalue weighted by Gasteiger charge is 2.22. The number of hydrogen-bond acceptors (Lipinski definition) is 1. The Hall–Kier alpha value is -0.0400. The molecule has 1 aliphatic rings. The SMILES string of the molecule is CCCC(CC)CC1CCCC(O)C1. The summed E-state index contributed by atoms with van der Waals surface area (Å²) in [6, 6.07) is 0. The van der Waals surface area contributed by atoms with Crippen LogP contribution in [0.1, 0.15) is 65.2 Å². The second-order valence-corrected chi connectivity index (χ2v) is 4.99. The molecule has 1 heteroatoms. The van der Waals surface area contributed by atoms with Gasteiger partial charge in [0.1, 0.15) is 0 Å². The van der Waals surface area contributed by atoms with E-state index in [2.05, 4.69) is 13.8 Å². The highest BCUT2D eigenvalue weighted by molar-refractivity contribution is 4.74. The maximum absolute atomic E-state index is 9.60. The molecule has 1 N–H and O–H groups in total. The molecule has 14 heavy (non-hydrogen) atoms. The van der Waals surface area contributed by atoms with Crippen LogP contribution in [0.2, 0.25) is 0 Å². The van der Waals surface area contributed by atoms with E-state index in [1.165, 1.54) is 38.5 Å². The first-order chi connectivity index (χ1) is 6.76. The second kappa shape index (κ2) is 6.44. The van der Waals surface area contributed by atoms with Crippen molar-refractivity contribution in [3.63, 3.8) is 0 Å². The largest absolute Gasteiger partial charge is 0.393 e. The van der Waals surface area contributed by atoms with Gasteiger partial charge < -0.3 is 5.11 Å². The van der Waals surface area contributed by atoms with Gasteiger partial charge in [0.05, 0.1) is 6.10 Å². The lowest BCUT2D eigenvalue weighted by Gasteiger charge is -2.28. The van der Waals surface area contributed by atoms with E-state index >= 15 is 0 Å². The average molecular weight is 198 g/mol. The van der Waals surface area contributed by atoms with Gasteiger partial charge in [0, 0.05) is 0 Å². The molecule has 0 aliphatic heterocycles. The van der Waals surface area contributed by atoms with Gasteiger partial charge in [-0.15, -0.1) is 0 Å². The Kier molecular flexibility index (Phi) is 5.54. The van der Waals surface area contributed by atoms with Gasteiger partial charge in [-0.3, -0.25) is 0 Å². The molecule has 3 unspecified atom stereocenters. The van der Waals surface area contributed by atoms with Gasteiger partial charge in [0.2, 0.25) is 0 Å². The lowest BCUT2D eigenvalue weighted by molar-refractivity contribution is 0.0911. The van der Waals surface area contributed by atoms with Crippen LogP contribution in [-0.4, -0.2) is 11.2 Å². The van der Waals surface area contributed by atoms with Gasteiger partial charge in [-0.2, -0.15) is 0 Å². The Bertz CT molecular complexity index is 144. The van der Waals surface area contributed by atoms with Crippen LogP contribution in [0.25, 0.3) is 0 Å². The summed E-state index contributed by atoms with van der Waals surface area (Å²) in [6.45, 7) is 4.58. The lowest BCUT2D eigenvalue weighted by Crippen LogP contribution is -2.21. The fraction of sp³-hybridized carbons (Fsp3) is 1.00. The van der Waals surface area contributed by atoms with Crippen molar-refractivity contribution in [3.8, 4) is 0 Å². The third-order valence-electron chi connectivity index (χ3n) is 3.70. The summed E-state index contributed by atoms with van der Waals surface area (Å²) in [5.74, 6) is 1.73. The zero-order valence-electron chi connectivity index (χ0n) is 9.84. The van der Waals surface area contributed by atoms with Crippen molar-refractivity contribution in [3.05, 3.63) is 0 Å². The molecular formula is C13H26O. The number of aliphatic hydroxyl groups excluding tert-OH is 1. The highest BCUT2D eigenvalue weighted by atomic mass is 16.3. The third kappa shape index (κ3) is 4.00. The Labute approximate surface area is 88.9 Å². The summed E-state index contributed by atoms with van der Waals surface area (Å²) in [4.78, 5) is 0. The second-order valence-electron chi connectivity index (χ2n) is 4.99. The molecule has 84 valence electrons. The molecular weight excluding hydrogens is 172 g/mol. The van der Waals surface area contributed by atoms with Crippen molar-refractivity contribution in [1.82, 2.24) is 0 Å². The summed E-state index contributed by atoms with van der Waals surface area (Å²) >= 11 is 0. The Morgan fingerprint density at radius 2 is 2.07 bits per heavy atom. The molecule has 1 rings (SSSR count). The molecule has 1 fully saturated rings.